The number of carbonyl (C=O) groups excluding carboxylic acids is 1. The van der Waals surface area contributed by atoms with Gasteiger partial charge < -0.3 is 5.11 Å². The molecule has 1 heterocycles. The number of nitrogens with one attached hydrogen (secondary N) is 1. The second-order valence-corrected chi connectivity index (χ2v) is 9.98. The molecule has 1 saturated heterocycles. The molecule has 1 fully saturated rings. The molecule has 0 aromatic heterocycles. The van der Waals surface area contributed by atoms with Gasteiger partial charge in [0.2, 0.25) is 26.0 Å². The highest BCUT2D eigenvalue weighted by Gasteiger charge is 2.36. The summed E-state index contributed by atoms with van der Waals surface area (Å²) in [5.41, 5.74) is -0.793. The highest BCUT2D eigenvalue weighted by atomic mass is 32.2. The molecule has 0 unspecified atom stereocenters. The van der Waals surface area contributed by atoms with Crippen LogP contribution in [0.15, 0.2) is 23.1 Å². The molecule has 0 spiro atoms. The molecule has 8 nitrogen and oxygen atoms in total. The maximum Gasteiger partial charge on any atom is 0.242 e. The number of benzene rings is 1. The second kappa shape index (κ2) is 6.10. The summed E-state index contributed by atoms with van der Waals surface area (Å²) < 4.78 is 51.5. The van der Waals surface area contributed by atoms with Crippen molar-refractivity contribution < 1.29 is 26.7 Å². The average Bonchev–Trinajstić information content (AvgIpc) is 2.69. The number of aliphatic hydroxyl groups is 1. The van der Waals surface area contributed by atoms with Crippen LogP contribution in [0.1, 0.15) is 25.8 Å². The molecule has 2 rings (SSSR count). The second-order valence-electron chi connectivity index (χ2n) is 6.31. The van der Waals surface area contributed by atoms with Gasteiger partial charge in [-0.2, -0.15) is 0 Å². The van der Waals surface area contributed by atoms with Crippen LogP contribution in [0.4, 0.5) is 5.69 Å². The maximum absolute atomic E-state index is 12.3. The summed E-state index contributed by atoms with van der Waals surface area (Å²) in [5, 5.41) is 9.63. The third-order valence-corrected chi connectivity index (χ3v) is 6.71. The SMILES string of the molecule is Cc1cc(N2C(=O)CCS2(=O)=O)ccc1S(=O)(=O)NCC(C)(C)O. The smallest absolute Gasteiger partial charge is 0.242 e. The molecule has 1 aromatic carbocycles. The van der Waals surface area contributed by atoms with Crippen molar-refractivity contribution >= 4 is 31.6 Å². The van der Waals surface area contributed by atoms with Crippen molar-refractivity contribution in [2.75, 3.05) is 16.6 Å². The van der Waals surface area contributed by atoms with Crippen molar-refractivity contribution in [2.45, 2.75) is 37.7 Å². The molecule has 1 aromatic rings. The first kappa shape index (κ1) is 18.8. The van der Waals surface area contributed by atoms with Gasteiger partial charge in [0.1, 0.15) is 0 Å². The van der Waals surface area contributed by atoms with Gasteiger partial charge in [-0.15, -0.1) is 0 Å². The zero-order valence-corrected chi connectivity index (χ0v) is 15.2. The van der Waals surface area contributed by atoms with Crippen molar-refractivity contribution in [1.82, 2.24) is 4.72 Å². The first-order valence-electron chi connectivity index (χ1n) is 7.22. The first-order valence-corrected chi connectivity index (χ1v) is 10.3. The van der Waals surface area contributed by atoms with Gasteiger partial charge in [0, 0.05) is 13.0 Å². The van der Waals surface area contributed by atoms with E-state index >= 15 is 0 Å². The number of hydrogen-bond acceptors (Lipinski definition) is 6. The van der Waals surface area contributed by atoms with Crippen LogP contribution in [-0.4, -0.2) is 45.7 Å². The van der Waals surface area contributed by atoms with E-state index in [4.69, 9.17) is 0 Å². The van der Waals surface area contributed by atoms with E-state index in [-0.39, 0.29) is 29.3 Å². The molecule has 0 bridgehead atoms. The number of amides is 1. The van der Waals surface area contributed by atoms with E-state index in [9.17, 15) is 26.7 Å². The van der Waals surface area contributed by atoms with Crippen molar-refractivity contribution in [3.63, 3.8) is 0 Å². The third kappa shape index (κ3) is 3.94. The Morgan fingerprint density at radius 1 is 1.33 bits per heavy atom. The molecule has 0 saturated carbocycles. The maximum atomic E-state index is 12.3. The molecule has 1 aliphatic rings. The fourth-order valence-electron chi connectivity index (χ4n) is 2.28. The summed E-state index contributed by atoms with van der Waals surface area (Å²) in [4.78, 5) is 11.7. The molecule has 1 amide bonds. The fraction of sp³-hybridized carbons (Fsp3) is 0.500. The van der Waals surface area contributed by atoms with Gasteiger partial charge >= 0.3 is 0 Å². The highest BCUT2D eigenvalue weighted by Crippen LogP contribution is 2.28. The number of anilines is 1. The molecule has 24 heavy (non-hydrogen) atoms. The summed E-state index contributed by atoms with van der Waals surface area (Å²) >= 11 is 0. The Morgan fingerprint density at radius 2 is 1.96 bits per heavy atom. The van der Waals surface area contributed by atoms with Crippen molar-refractivity contribution in [2.24, 2.45) is 0 Å². The monoisotopic (exact) mass is 376 g/mol. The predicted octanol–water partition coefficient (Wildman–Crippen LogP) is 0.111. The van der Waals surface area contributed by atoms with E-state index in [1.807, 2.05) is 0 Å². The zero-order valence-electron chi connectivity index (χ0n) is 13.6. The number of sulfonamides is 2. The van der Waals surface area contributed by atoms with E-state index < -0.39 is 31.6 Å². The van der Waals surface area contributed by atoms with Crippen LogP contribution < -0.4 is 9.03 Å². The minimum absolute atomic E-state index is 0.0421. The van der Waals surface area contributed by atoms with Crippen LogP contribution in [0.5, 0.6) is 0 Å². The Balaban J connectivity index is 2.35. The third-order valence-electron chi connectivity index (χ3n) is 3.46. The molecular weight excluding hydrogens is 356 g/mol. The molecule has 10 heteroatoms. The van der Waals surface area contributed by atoms with E-state index in [1.54, 1.807) is 0 Å². The Morgan fingerprint density at radius 3 is 2.42 bits per heavy atom. The summed E-state index contributed by atoms with van der Waals surface area (Å²) in [7, 11) is -7.57. The number of aryl methyl sites for hydroxylation is 1. The van der Waals surface area contributed by atoms with Crippen molar-refractivity contribution in [1.29, 1.82) is 0 Å². The summed E-state index contributed by atoms with van der Waals surface area (Å²) in [6.45, 7) is 4.27. The molecule has 0 aliphatic carbocycles. The lowest BCUT2D eigenvalue weighted by molar-refractivity contribution is -0.116. The molecule has 2 N–H and O–H groups in total. The van der Waals surface area contributed by atoms with E-state index in [0.717, 1.165) is 0 Å². The summed E-state index contributed by atoms with van der Waals surface area (Å²) in [6, 6.07) is 3.88. The number of nitrogens with zero attached hydrogens (tertiary/aromatic N) is 1. The predicted molar refractivity (Wildman–Crippen MR) is 88.6 cm³/mol. The Kier molecular flexibility index (Phi) is 4.79. The lowest BCUT2D eigenvalue weighted by atomic mass is 10.1. The van der Waals surface area contributed by atoms with Crippen LogP contribution in [0.3, 0.4) is 0 Å². The highest BCUT2D eigenvalue weighted by molar-refractivity contribution is 7.94. The van der Waals surface area contributed by atoms with Gasteiger partial charge in [0.25, 0.3) is 0 Å². The average molecular weight is 376 g/mol. The van der Waals surface area contributed by atoms with Crippen LogP contribution in [0.25, 0.3) is 0 Å². The Labute approximate surface area is 141 Å². The van der Waals surface area contributed by atoms with Gasteiger partial charge in [-0.25, -0.2) is 25.9 Å². The Hall–Kier alpha value is -1.49. The van der Waals surface area contributed by atoms with E-state index in [0.29, 0.717) is 9.87 Å². The number of rotatable bonds is 5. The van der Waals surface area contributed by atoms with Crippen molar-refractivity contribution in [3.05, 3.63) is 23.8 Å². The summed E-state index contributed by atoms with van der Waals surface area (Å²) in [6.07, 6.45) is -0.0887. The normalized spacial score (nSPS) is 18.2. The van der Waals surface area contributed by atoms with Gasteiger partial charge in [0.05, 0.1) is 21.9 Å². The topological polar surface area (TPSA) is 121 Å². The van der Waals surface area contributed by atoms with Crippen LogP contribution in [0.2, 0.25) is 0 Å². The van der Waals surface area contributed by atoms with Gasteiger partial charge in [-0.3, -0.25) is 4.79 Å². The largest absolute Gasteiger partial charge is 0.389 e. The quantitative estimate of drug-likeness (QED) is 0.752. The lowest BCUT2D eigenvalue weighted by Gasteiger charge is -2.19. The van der Waals surface area contributed by atoms with Gasteiger partial charge in [-0.05, 0) is 44.5 Å². The van der Waals surface area contributed by atoms with Gasteiger partial charge in [0.15, 0.2) is 0 Å². The molecule has 0 radical (unpaired) electrons. The van der Waals surface area contributed by atoms with Gasteiger partial charge in [-0.1, -0.05) is 0 Å². The molecular formula is C14H20N2O6S2. The summed E-state index contributed by atoms with van der Waals surface area (Å²) in [5.74, 6) is -0.789. The van der Waals surface area contributed by atoms with Crippen LogP contribution in [-0.2, 0) is 24.8 Å². The standard InChI is InChI=1S/C14H20N2O6S2/c1-10-8-11(16-13(17)6-7-23(16,19)20)4-5-12(10)24(21,22)15-9-14(2,3)18/h4-5,8,15,18H,6-7,9H2,1-3H3. The minimum atomic E-state index is -3.87. The zero-order chi connectivity index (χ0) is 18.3. The number of hydrogen-bond donors (Lipinski definition) is 2. The van der Waals surface area contributed by atoms with E-state index in [1.165, 1.54) is 39.0 Å². The van der Waals surface area contributed by atoms with Crippen molar-refractivity contribution in [3.8, 4) is 0 Å². The Bertz CT molecular complexity index is 869. The molecule has 0 atom stereocenters. The molecule has 134 valence electrons. The first-order chi connectivity index (χ1) is 10.8. The minimum Gasteiger partial charge on any atom is -0.389 e. The fourth-order valence-corrected chi connectivity index (χ4v) is 5.16. The number of carbonyl (C=O) groups is 1. The van der Waals surface area contributed by atoms with E-state index in [2.05, 4.69) is 4.72 Å². The van der Waals surface area contributed by atoms with Crippen LogP contribution in [0, 0.1) is 6.92 Å². The molecule has 1 aliphatic heterocycles. The van der Waals surface area contributed by atoms with Crippen LogP contribution >= 0.6 is 0 Å². The lowest BCUT2D eigenvalue weighted by Crippen LogP contribution is -2.38.